The largest absolute Gasteiger partial charge is 0.240 e. The Morgan fingerprint density at radius 3 is 2.41 bits per heavy atom. The molecule has 0 aromatic heterocycles. The summed E-state index contributed by atoms with van der Waals surface area (Å²) >= 11 is 0. The molecule has 0 amide bonds. The normalized spacial score (nSPS) is 17.4. The summed E-state index contributed by atoms with van der Waals surface area (Å²) < 4.78 is 26.4. The Morgan fingerprint density at radius 1 is 1.35 bits per heavy atom. The van der Waals surface area contributed by atoms with Gasteiger partial charge in [0, 0.05) is 6.54 Å². The van der Waals surface area contributed by atoms with Crippen LogP contribution in [0.25, 0.3) is 0 Å². The van der Waals surface area contributed by atoms with Gasteiger partial charge in [0.15, 0.2) is 0 Å². The van der Waals surface area contributed by atoms with Crippen LogP contribution in [-0.4, -0.2) is 15.0 Å². The third kappa shape index (κ3) is 2.84. The third-order valence-corrected chi connectivity index (χ3v) is 4.50. The van der Waals surface area contributed by atoms with E-state index in [0.29, 0.717) is 12.1 Å². The number of nitriles is 1. The molecule has 1 aromatic carbocycles. The SMILES string of the molecule is CC1(CNS(=O)(=O)c2ccc(C#N)cc2)CC1. The Hall–Kier alpha value is -1.38. The van der Waals surface area contributed by atoms with Crippen LogP contribution in [-0.2, 0) is 10.0 Å². The van der Waals surface area contributed by atoms with Gasteiger partial charge in [-0.15, -0.1) is 0 Å². The maximum absolute atomic E-state index is 11.9. The smallest absolute Gasteiger partial charge is 0.211 e. The number of hydrogen-bond acceptors (Lipinski definition) is 3. The van der Waals surface area contributed by atoms with Crippen LogP contribution >= 0.6 is 0 Å². The molecule has 0 unspecified atom stereocenters. The van der Waals surface area contributed by atoms with E-state index in [1.165, 1.54) is 24.3 Å². The Kier molecular flexibility index (Phi) is 2.94. The van der Waals surface area contributed by atoms with Gasteiger partial charge in [-0.1, -0.05) is 6.92 Å². The minimum atomic E-state index is -3.44. The minimum absolute atomic E-state index is 0.139. The van der Waals surface area contributed by atoms with Crippen LogP contribution in [0.2, 0.25) is 0 Å². The first kappa shape index (κ1) is 12.1. The van der Waals surface area contributed by atoms with E-state index < -0.39 is 10.0 Å². The molecule has 0 atom stereocenters. The number of rotatable bonds is 4. The van der Waals surface area contributed by atoms with Crippen molar-refractivity contribution < 1.29 is 8.42 Å². The van der Waals surface area contributed by atoms with E-state index in [4.69, 9.17) is 5.26 Å². The number of hydrogen-bond donors (Lipinski definition) is 1. The highest BCUT2D eigenvalue weighted by Gasteiger charge is 2.38. The lowest BCUT2D eigenvalue weighted by atomic mass is 10.2. The summed E-state index contributed by atoms with van der Waals surface area (Å²) in [4.78, 5) is 0.209. The van der Waals surface area contributed by atoms with Crippen molar-refractivity contribution in [2.45, 2.75) is 24.7 Å². The second-order valence-electron chi connectivity index (χ2n) is 4.77. The van der Waals surface area contributed by atoms with Crippen LogP contribution in [0.1, 0.15) is 25.3 Å². The number of benzene rings is 1. The molecule has 1 N–H and O–H groups in total. The molecule has 17 heavy (non-hydrogen) atoms. The highest BCUT2D eigenvalue weighted by Crippen LogP contribution is 2.44. The molecule has 90 valence electrons. The molecular formula is C12H14N2O2S. The van der Waals surface area contributed by atoms with Crippen molar-refractivity contribution in [2.75, 3.05) is 6.54 Å². The summed E-state index contributed by atoms with van der Waals surface area (Å²) in [6.45, 7) is 2.55. The first-order valence-corrected chi connectivity index (χ1v) is 6.93. The Bertz CT molecular complexity index is 551. The maximum Gasteiger partial charge on any atom is 0.240 e. The summed E-state index contributed by atoms with van der Waals surface area (Å²) in [6, 6.07) is 7.88. The summed E-state index contributed by atoms with van der Waals surface area (Å²) in [5.41, 5.74) is 0.595. The molecule has 1 aromatic rings. The summed E-state index contributed by atoms with van der Waals surface area (Å²) in [5, 5.41) is 8.63. The van der Waals surface area contributed by atoms with Crippen LogP contribution < -0.4 is 4.72 Å². The molecule has 0 heterocycles. The van der Waals surface area contributed by atoms with E-state index in [2.05, 4.69) is 11.6 Å². The van der Waals surface area contributed by atoms with Crippen LogP contribution in [0.3, 0.4) is 0 Å². The lowest BCUT2D eigenvalue weighted by Crippen LogP contribution is -2.29. The minimum Gasteiger partial charge on any atom is -0.211 e. The molecule has 0 radical (unpaired) electrons. The van der Waals surface area contributed by atoms with Crippen molar-refractivity contribution in [1.29, 1.82) is 5.26 Å². The van der Waals surface area contributed by atoms with Gasteiger partial charge >= 0.3 is 0 Å². The van der Waals surface area contributed by atoms with Crippen LogP contribution in [0.5, 0.6) is 0 Å². The Labute approximate surface area is 101 Å². The topological polar surface area (TPSA) is 70.0 Å². The highest BCUT2D eigenvalue weighted by atomic mass is 32.2. The predicted molar refractivity (Wildman–Crippen MR) is 63.7 cm³/mol. The maximum atomic E-state index is 11.9. The van der Waals surface area contributed by atoms with E-state index >= 15 is 0 Å². The molecule has 1 aliphatic carbocycles. The molecule has 0 aliphatic heterocycles. The summed E-state index contributed by atoms with van der Waals surface area (Å²) in [7, 11) is -3.44. The lowest BCUT2D eigenvalue weighted by molar-refractivity contribution is 0.530. The Morgan fingerprint density at radius 2 is 1.94 bits per heavy atom. The molecule has 0 spiro atoms. The standard InChI is InChI=1S/C12H14N2O2S/c1-12(6-7-12)9-14-17(15,16)11-4-2-10(8-13)3-5-11/h2-5,14H,6-7,9H2,1H3. The summed E-state index contributed by atoms with van der Waals surface area (Å²) in [6.07, 6.45) is 2.14. The first-order valence-electron chi connectivity index (χ1n) is 5.45. The van der Waals surface area contributed by atoms with Crippen LogP contribution in [0, 0.1) is 16.7 Å². The van der Waals surface area contributed by atoms with Gasteiger partial charge in [-0.25, -0.2) is 13.1 Å². The van der Waals surface area contributed by atoms with Crippen molar-refractivity contribution in [3.05, 3.63) is 29.8 Å². The van der Waals surface area contributed by atoms with Crippen molar-refractivity contribution in [2.24, 2.45) is 5.41 Å². The average molecular weight is 250 g/mol. The molecule has 0 saturated heterocycles. The second kappa shape index (κ2) is 4.13. The fourth-order valence-corrected chi connectivity index (χ4v) is 2.65. The van der Waals surface area contributed by atoms with Gasteiger partial charge in [0.1, 0.15) is 0 Å². The van der Waals surface area contributed by atoms with E-state index in [-0.39, 0.29) is 10.3 Å². The third-order valence-electron chi connectivity index (χ3n) is 3.09. The van der Waals surface area contributed by atoms with Gasteiger partial charge in [0.05, 0.1) is 16.5 Å². The molecule has 1 aliphatic rings. The second-order valence-corrected chi connectivity index (χ2v) is 6.54. The zero-order valence-corrected chi connectivity index (χ0v) is 10.4. The highest BCUT2D eigenvalue weighted by molar-refractivity contribution is 7.89. The zero-order chi connectivity index (χ0) is 12.5. The summed E-state index contributed by atoms with van der Waals surface area (Å²) in [5.74, 6) is 0. The fraction of sp³-hybridized carbons (Fsp3) is 0.417. The van der Waals surface area contributed by atoms with Crippen molar-refractivity contribution in [3.8, 4) is 6.07 Å². The fourth-order valence-electron chi connectivity index (χ4n) is 1.45. The van der Waals surface area contributed by atoms with Crippen molar-refractivity contribution in [3.63, 3.8) is 0 Å². The van der Waals surface area contributed by atoms with Gasteiger partial charge in [0.2, 0.25) is 10.0 Å². The van der Waals surface area contributed by atoms with Gasteiger partial charge in [-0.2, -0.15) is 5.26 Å². The van der Waals surface area contributed by atoms with Crippen molar-refractivity contribution >= 4 is 10.0 Å². The molecule has 5 heteroatoms. The molecule has 2 rings (SSSR count). The molecule has 1 fully saturated rings. The van der Waals surface area contributed by atoms with Gasteiger partial charge in [0.25, 0.3) is 0 Å². The lowest BCUT2D eigenvalue weighted by Gasteiger charge is -2.10. The van der Waals surface area contributed by atoms with Crippen molar-refractivity contribution in [1.82, 2.24) is 4.72 Å². The molecule has 4 nitrogen and oxygen atoms in total. The quantitative estimate of drug-likeness (QED) is 0.883. The van der Waals surface area contributed by atoms with E-state index in [1.807, 2.05) is 6.07 Å². The monoisotopic (exact) mass is 250 g/mol. The Balaban J connectivity index is 2.11. The predicted octanol–water partition coefficient (Wildman–Crippen LogP) is 1.64. The first-order chi connectivity index (χ1) is 7.95. The zero-order valence-electron chi connectivity index (χ0n) is 9.60. The van der Waals surface area contributed by atoms with E-state index in [9.17, 15) is 8.42 Å². The van der Waals surface area contributed by atoms with Gasteiger partial charge < -0.3 is 0 Å². The molecule has 0 bridgehead atoms. The molecule has 1 saturated carbocycles. The van der Waals surface area contributed by atoms with Crippen LogP contribution in [0.4, 0.5) is 0 Å². The average Bonchev–Trinajstić information content (AvgIpc) is 3.06. The van der Waals surface area contributed by atoms with E-state index in [0.717, 1.165) is 12.8 Å². The van der Waals surface area contributed by atoms with Crippen LogP contribution in [0.15, 0.2) is 29.2 Å². The van der Waals surface area contributed by atoms with Gasteiger partial charge in [-0.3, -0.25) is 0 Å². The number of sulfonamides is 1. The number of nitrogens with one attached hydrogen (secondary N) is 1. The molecular weight excluding hydrogens is 236 g/mol. The van der Waals surface area contributed by atoms with E-state index in [1.54, 1.807) is 0 Å². The number of nitrogens with zero attached hydrogens (tertiary/aromatic N) is 1. The van der Waals surface area contributed by atoms with Gasteiger partial charge in [-0.05, 0) is 42.5 Å².